The minimum atomic E-state index is 0.666. The summed E-state index contributed by atoms with van der Waals surface area (Å²) in [5.41, 5.74) is 9.91. The standard InChI is InChI=1S/C48H29N3S/c1-2-10-30(11-3-1)31-18-20-32(21-19-31)47-38-13-4-7-15-41(38)49-48(50-47)51-42-16-8-5-14-39(42)46-36-25-22-33(28-35(36)23-26-43(46)51)34-24-27-45-40(29-34)37-12-6-9-17-44(37)52-45/h1-29H. The topological polar surface area (TPSA) is 30.7 Å². The van der Waals surface area contributed by atoms with Crippen molar-refractivity contribution in [2.45, 2.75) is 0 Å². The third-order valence-electron chi connectivity index (χ3n) is 10.4. The van der Waals surface area contributed by atoms with E-state index in [0.29, 0.717) is 5.95 Å². The Morgan fingerprint density at radius 1 is 0.385 bits per heavy atom. The lowest BCUT2D eigenvalue weighted by Crippen LogP contribution is -2.03. The van der Waals surface area contributed by atoms with Crippen LogP contribution in [0.1, 0.15) is 0 Å². The second kappa shape index (κ2) is 11.5. The van der Waals surface area contributed by atoms with Gasteiger partial charge in [-0.15, -0.1) is 11.3 Å². The molecule has 0 aliphatic carbocycles. The van der Waals surface area contributed by atoms with Gasteiger partial charge in [0.25, 0.3) is 0 Å². The maximum atomic E-state index is 5.34. The minimum Gasteiger partial charge on any atom is -0.278 e. The first-order valence-corrected chi connectivity index (χ1v) is 18.4. The summed E-state index contributed by atoms with van der Waals surface area (Å²) < 4.78 is 4.89. The largest absolute Gasteiger partial charge is 0.278 e. The first-order chi connectivity index (χ1) is 25.8. The molecule has 0 aliphatic heterocycles. The van der Waals surface area contributed by atoms with Gasteiger partial charge >= 0.3 is 0 Å². The van der Waals surface area contributed by atoms with E-state index in [1.165, 1.54) is 64.0 Å². The average Bonchev–Trinajstić information content (AvgIpc) is 3.76. The molecular weight excluding hydrogens is 651 g/mol. The van der Waals surface area contributed by atoms with Crippen LogP contribution in [0.25, 0.3) is 103 Å². The van der Waals surface area contributed by atoms with Crippen molar-refractivity contribution in [3.63, 3.8) is 0 Å². The highest BCUT2D eigenvalue weighted by molar-refractivity contribution is 7.25. The van der Waals surface area contributed by atoms with Crippen molar-refractivity contribution in [2.24, 2.45) is 0 Å². The zero-order chi connectivity index (χ0) is 34.2. The molecule has 0 fully saturated rings. The Hall–Kier alpha value is -6.62. The van der Waals surface area contributed by atoms with E-state index in [-0.39, 0.29) is 0 Å². The Kier molecular flexibility index (Phi) is 6.42. The summed E-state index contributed by atoms with van der Waals surface area (Å²) in [6, 6.07) is 63.1. The summed E-state index contributed by atoms with van der Waals surface area (Å²) in [7, 11) is 0. The number of thiophene rings is 1. The molecule has 0 radical (unpaired) electrons. The van der Waals surface area contributed by atoms with Gasteiger partial charge in [-0.2, -0.15) is 0 Å². The molecule has 0 spiro atoms. The molecule has 242 valence electrons. The van der Waals surface area contributed by atoms with Gasteiger partial charge in [-0.25, -0.2) is 9.97 Å². The molecule has 8 aromatic carbocycles. The van der Waals surface area contributed by atoms with Gasteiger partial charge in [-0.3, -0.25) is 4.57 Å². The highest BCUT2D eigenvalue weighted by Gasteiger charge is 2.19. The van der Waals surface area contributed by atoms with Crippen LogP contribution in [0, 0.1) is 0 Å². The lowest BCUT2D eigenvalue weighted by Gasteiger charge is -2.12. The van der Waals surface area contributed by atoms with E-state index in [1.807, 2.05) is 11.3 Å². The zero-order valence-electron chi connectivity index (χ0n) is 28.0. The van der Waals surface area contributed by atoms with Crippen LogP contribution in [0.5, 0.6) is 0 Å². The predicted octanol–water partition coefficient (Wildman–Crippen LogP) is 13.2. The molecule has 11 aromatic rings. The van der Waals surface area contributed by atoms with E-state index in [0.717, 1.165) is 33.2 Å². The lowest BCUT2D eigenvalue weighted by atomic mass is 9.97. The van der Waals surface area contributed by atoms with Gasteiger partial charge in [-0.1, -0.05) is 133 Å². The maximum Gasteiger partial charge on any atom is 0.235 e. The van der Waals surface area contributed by atoms with E-state index >= 15 is 0 Å². The van der Waals surface area contributed by atoms with E-state index in [2.05, 4.69) is 180 Å². The third kappa shape index (κ3) is 4.51. The summed E-state index contributed by atoms with van der Waals surface area (Å²) in [5, 5.41) is 8.50. The van der Waals surface area contributed by atoms with Crippen molar-refractivity contribution in [1.82, 2.24) is 14.5 Å². The molecule has 0 bridgehead atoms. The summed E-state index contributed by atoms with van der Waals surface area (Å²) in [5.74, 6) is 0.666. The Morgan fingerprint density at radius 2 is 1.04 bits per heavy atom. The van der Waals surface area contributed by atoms with Crippen molar-refractivity contribution in [1.29, 1.82) is 0 Å². The van der Waals surface area contributed by atoms with Gasteiger partial charge in [0, 0.05) is 41.9 Å². The summed E-state index contributed by atoms with van der Waals surface area (Å²) in [6.07, 6.45) is 0. The Labute approximate surface area is 303 Å². The molecule has 0 saturated heterocycles. The Balaban J connectivity index is 1.08. The van der Waals surface area contributed by atoms with Crippen molar-refractivity contribution in [2.75, 3.05) is 0 Å². The van der Waals surface area contributed by atoms with E-state index in [9.17, 15) is 0 Å². The number of aromatic nitrogens is 3. The quantitative estimate of drug-likeness (QED) is 0.185. The second-order valence-electron chi connectivity index (χ2n) is 13.4. The molecule has 4 heteroatoms. The number of fused-ring (bicyclic) bond motifs is 9. The first-order valence-electron chi connectivity index (χ1n) is 17.6. The normalized spacial score (nSPS) is 11.8. The average molecular weight is 680 g/mol. The van der Waals surface area contributed by atoms with Crippen LogP contribution < -0.4 is 0 Å². The van der Waals surface area contributed by atoms with Crippen molar-refractivity contribution < 1.29 is 0 Å². The van der Waals surface area contributed by atoms with Gasteiger partial charge in [0.2, 0.25) is 5.95 Å². The van der Waals surface area contributed by atoms with Crippen LogP contribution in [-0.2, 0) is 0 Å². The van der Waals surface area contributed by atoms with Crippen molar-refractivity contribution in [3.05, 3.63) is 176 Å². The van der Waals surface area contributed by atoms with Gasteiger partial charge < -0.3 is 0 Å². The molecule has 0 atom stereocenters. The van der Waals surface area contributed by atoms with Gasteiger partial charge in [0.15, 0.2) is 0 Å². The van der Waals surface area contributed by atoms with Crippen molar-refractivity contribution in [3.8, 4) is 39.5 Å². The molecule has 0 aliphatic rings. The number of benzene rings is 8. The zero-order valence-corrected chi connectivity index (χ0v) is 28.8. The third-order valence-corrected chi connectivity index (χ3v) is 11.6. The SMILES string of the molecule is c1ccc(-c2ccc(-c3nc(-n4c5ccccc5c5c6ccc(-c7ccc8sc9ccccc9c8c7)cc6ccc54)nc4ccccc34)cc2)cc1. The minimum absolute atomic E-state index is 0.666. The molecule has 3 heterocycles. The number of rotatable bonds is 4. The predicted molar refractivity (Wildman–Crippen MR) is 221 cm³/mol. The molecular formula is C48H29N3S. The maximum absolute atomic E-state index is 5.34. The molecule has 0 amide bonds. The summed E-state index contributed by atoms with van der Waals surface area (Å²) in [4.78, 5) is 10.5. The number of hydrogen-bond donors (Lipinski definition) is 0. The van der Waals surface area contributed by atoms with E-state index < -0.39 is 0 Å². The lowest BCUT2D eigenvalue weighted by molar-refractivity contribution is 1.01. The Bertz CT molecular complexity index is 3170. The molecule has 11 rings (SSSR count). The summed E-state index contributed by atoms with van der Waals surface area (Å²) >= 11 is 1.86. The second-order valence-corrected chi connectivity index (χ2v) is 14.5. The van der Waals surface area contributed by atoms with Crippen LogP contribution in [0.3, 0.4) is 0 Å². The number of hydrogen-bond acceptors (Lipinski definition) is 3. The van der Waals surface area contributed by atoms with Gasteiger partial charge in [0.05, 0.1) is 22.2 Å². The summed E-state index contributed by atoms with van der Waals surface area (Å²) in [6.45, 7) is 0. The number of nitrogens with zero attached hydrogens (tertiary/aromatic N) is 3. The molecule has 3 aromatic heterocycles. The van der Waals surface area contributed by atoms with Gasteiger partial charge in [-0.05, 0) is 75.5 Å². The number of para-hydroxylation sites is 2. The van der Waals surface area contributed by atoms with Crippen molar-refractivity contribution >= 4 is 75.0 Å². The van der Waals surface area contributed by atoms with E-state index in [4.69, 9.17) is 9.97 Å². The highest BCUT2D eigenvalue weighted by Crippen LogP contribution is 2.40. The molecule has 0 unspecified atom stereocenters. The monoisotopic (exact) mass is 679 g/mol. The smallest absolute Gasteiger partial charge is 0.235 e. The highest BCUT2D eigenvalue weighted by atomic mass is 32.1. The molecule has 0 N–H and O–H groups in total. The van der Waals surface area contributed by atoms with Crippen LogP contribution >= 0.6 is 11.3 Å². The molecule has 52 heavy (non-hydrogen) atoms. The Morgan fingerprint density at radius 3 is 1.92 bits per heavy atom. The van der Waals surface area contributed by atoms with Gasteiger partial charge in [0.1, 0.15) is 0 Å². The fourth-order valence-corrected chi connectivity index (χ4v) is 9.02. The first kappa shape index (κ1) is 29.1. The molecule has 3 nitrogen and oxygen atoms in total. The van der Waals surface area contributed by atoms with Crippen LogP contribution in [0.4, 0.5) is 0 Å². The fourth-order valence-electron chi connectivity index (χ4n) is 7.93. The fraction of sp³-hybridized carbons (Fsp3) is 0. The van der Waals surface area contributed by atoms with E-state index in [1.54, 1.807) is 0 Å². The van der Waals surface area contributed by atoms with Crippen LogP contribution in [0.15, 0.2) is 176 Å². The van der Waals surface area contributed by atoms with Crippen LogP contribution in [-0.4, -0.2) is 14.5 Å². The van der Waals surface area contributed by atoms with Crippen LogP contribution in [0.2, 0.25) is 0 Å². The molecule has 0 saturated carbocycles.